The molecule has 0 radical (unpaired) electrons. The van der Waals surface area contributed by atoms with Gasteiger partial charge >= 0.3 is 0 Å². The van der Waals surface area contributed by atoms with Gasteiger partial charge in [-0.25, -0.2) is 0 Å². The second kappa shape index (κ2) is 7.40. The Hall–Kier alpha value is -1.01. The van der Waals surface area contributed by atoms with Crippen LogP contribution in [0.5, 0.6) is 0 Å². The number of amides is 1. The van der Waals surface area contributed by atoms with Crippen molar-refractivity contribution in [3.63, 3.8) is 0 Å². The zero-order valence-corrected chi connectivity index (χ0v) is 9.21. The molecule has 0 aliphatic rings. The monoisotopic (exact) mass is 197 g/mol. The van der Waals surface area contributed by atoms with Crippen LogP contribution in [0.15, 0.2) is 0 Å². The predicted octanol–water partition coefficient (Wildman–Crippen LogP) is 1.02. The van der Waals surface area contributed by atoms with Gasteiger partial charge in [-0.3, -0.25) is 4.79 Å². The SMILES string of the molecule is CC#CC(=O)N(CCO)C(CC)CC. The van der Waals surface area contributed by atoms with Crippen molar-refractivity contribution in [1.82, 2.24) is 4.90 Å². The van der Waals surface area contributed by atoms with Gasteiger partial charge in [-0.15, -0.1) is 0 Å². The zero-order valence-electron chi connectivity index (χ0n) is 9.21. The molecule has 80 valence electrons. The van der Waals surface area contributed by atoms with Gasteiger partial charge in [0.05, 0.1) is 6.61 Å². The smallest absolute Gasteiger partial charge is 0.298 e. The molecule has 3 nitrogen and oxygen atoms in total. The molecule has 1 amide bonds. The Morgan fingerprint density at radius 2 is 2.00 bits per heavy atom. The largest absolute Gasteiger partial charge is 0.395 e. The summed E-state index contributed by atoms with van der Waals surface area (Å²) in [5.74, 6) is 4.91. The molecular weight excluding hydrogens is 178 g/mol. The van der Waals surface area contributed by atoms with Crippen LogP contribution in [0.25, 0.3) is 0 Å². The molecule has 0 aromatic rings. The molecule has 0 aliphatic carbocycles. The number of carbonyl (C=O) groups excluding carboxylic acids is 1. The summed E-state index contributed by atoms with van der Waals surface area (Å²) in [5.41, 5.74) is 0. The first-order valence-electron chi connectivity index (χ1n) is 5.05. The van der Waals surface area contributed by atoms with E-state index in [9.17, 15) is 4.79 Å². The van der Waals surface area contributed by atoms with E-state index in [1.807, 2.05) is 13.8 Å². The van der Waals surface area contributed by atoms with Crippen molar-refractivity contribution in [3.05, 3.63) is 0 Å². The summed E-state index contributed by atoms with van der Waals surface area (Å²) in [6.45, 7) is 6.08. The summed E-state index contributed by atoms with van der Waals surface area (Å²) in [5, 5.41) is 8.85. The van der Waals surface area contributed by atoms with Crippen molar-refractivity contribution in [3.8, 4) is 11.8 Å². The van der Waals surface area contributed by atoms with Crippen molar-refractivity contribution in [2.24, 2.45) is 0 Å². The summed E-state index contributed by atoms with van der Waals surface area (Å²) >= 11 is 0. The van der Waals surface area contributed by atoms with Crippen molar-refractivity contribution < 1.29 is 9.90 Å². The number of hydrogen-bond donors (Lipinski definition) is 1. The minimum atomic E-state index is -0.185. The maximum atomic E-state index is 11.5. The van der Waals surface area contributed by atoms with Crippen molar-refractivity contribution in [1.29, 1.82) is 0 Å². The van der Waals surface area contributed by atoms with E-state index in [2.05, 4.69) is 11.8 Å². The first-order valence-corrected chi connectivity index (χ1v) is 5.05. The molecule has 0 saturated heterocycles. The molecule has 0 saturated carbocycles. The Morgan fingerprint density at radius 3 is 2.36 bits per heavy atom. The molecule has 0 heterocycles. The zero-order chi connectivity index (χ0) is 11.0. The molecule has 0 aromatic heterocycles. The first-order chi connectivity index (χ1) is 6.71. The molecule has 0 atom stereocenters. The Kier molecular flexibility index (Phi) is 6.87. The molecule has 0 rings (SSSR count). The van der Waals surface area contributed by atoms with Crippen molar-refractivity contribution in [2.45, 2.75) is 39.7 Å². The Morgan fingerprint density at radius 1 is 1.43 bits per heavy atom. The van der Waals surface area contributed by atoms with E-state index >= 15 is 0 Å². The molecule has 0 aliphatic heterocycles. The highest BCUT2D eigenvalue weighted by Crippen LogP contribution is 2.07. The summed E-state index contributed by atoms with van der Waals surface area (Å²) < 4.78 is 0. The van der Waals surface area contributed by atoms with Crippen LogP contribution >= 0.6 is 0 Å². The predicted molar refractivity (Wildman–Crippen MR) is 56.6 cm³/mol. The van der Waals surface area contributed by atoms with E-state index in [4.69, 9.17) is 5.11 Å². The molecular formula is C11H19NO2. The van der Waals surface area contributed by atoms with Crippen LogP contribution in [0.1, 0.15) is 33.6 Å². The van der Waals surface area contributed by atoms with E-state index < -0.39 is 0 Å². The maximum absolute atomic E-state index is 11.5. The fourth-order valence-corrected chi connectivity index (χ4v) is 1.47. The molecule has 0 bridgehead atoms. The second-order valence-corrected chi connectivity index (χ2v) is 3.07. The highest BCUT2D eigenvalue weighted by Gasteiger charge is 2.18. The number of aliphatic hydroxyl groups excluding tert-OH is 1. The van der Waals surface area contributed by atoms with E-state index in [0.717, 1.165) is 12.8 Å². The second-order valence-electron chi connectivity index (χ2n) is 3.07. The molecule has 0 aromatic carbocycles. The number of carbonyl (C=O) groups is 1. The average molecular weight is 197 g/mol. The fraction of sp³-hybridized carbons (Fsp3) is 0.727. The third-order valence-corrected chi connectivity index (χ3v) is 2.22. The van der Waals surface area contributed by atoms with E-state index in [1.54, 1.807) is 11.8 Å². The van der Waals surface area contributed by atoms with Gasteiger partial charge in [0.2, 0.25) is 0 Å². The molecule has 0 spiro atoms. The van der Waals surface area contributed by atoms with Gasteiger partial charge in [0.15, 0.2) is 0 Å². The van der Waals surface area contributed by atoms with Gasteiger partial charge in [0.25, 0.3) is 5.91 Å². The number of nitrogens with zero attached hydrogens (tertiary/aromatic N) is 1. The van der Waals surface area contributed by atoms with Gasteiger partial charge < -0.3 is 10.0 Å². The lowest BCUT2D eigenvalue weighted by molar-refractivity contribution is -0.128. The number of rotatable bonds is 5. The fourth-order valence-electron chi connectivity index (χ4n) is 1.47. The van der Waals surface area contributed by atoms with Crippen LogP contribution in [-0.4, -0.2) is 35.1 Å². The molecule has 14 heavy (non-hydrogen) atoms. The third kappa shape index (κ3) is 3.80. The number of aliphatic hydroxyl groups is 1. The van der Waals surface area contributed by atoms with Crippen LogP contribution in [0.3, 0.4) is 0 Å². The van der Waals surface area contributed by atoms with Gasteiger partial charge in [0.1, 0.15) is 0 Å². The van der Waals surface area contributed by atoms with Gasteiger partial charge in [0, 0.05) is 12.6 Å². The summed E-state index contributed by atoms with van der Waals surface area (Å²) in [6.07, 6.45) is 1.79. The Bertz CT molecular complexity index is 223. The van der Waals surface area contributed by atoms with Crippen LogP contribution in [0, 0.1) is 11.8 Å². The summed E-state index contributed by atoms with van der Waals surface area (Å²) in [4.78, 5) is 13.2. The van der Waals surface area contributed by atoms with Crippen molar-refractivity contribution >= 4 is 5.91 Å². The van der Waals surface area contributed by atoms with E-state index in [1.165, 1.54) is 0 Å². The van der Waals surface area contributed by atoms with Crippen LogP contribution < -0.4 is 0 Å². The average Bonchev–Trinajstić information content (AvgIpc) is 2.18. The third-order valence-electron chi connectivity index (χ3n) is 2.22. The first kappa shape index (κ1) is 13.0. The highest BCUT2D eigenvalue weighted by atomic mass is 16.3. The van der Waals surface area contributed by atoms with Gasteiger partial charge in [-0.05, 0) is 25.7 Å². The quantitative estimate of drug-likeness (QED) is 0.668. The Balaban J connectivity index is 4.52. The topological polar surface area (TPSA) is 40.5 Å². The normalized spacial score (nSPS) is 9.50. The lowest BCUT2D eigenvalue weighted by Gasteiger charge is -2.27. The highest BCUT2D eigenvalue weighted by molar-refractivity contribution is 5.93. The standard InChI is InChI=1S/C11H19NO2/c1-4-7-11(14)12(8-9-13)10(5-2)6-3/h10,13H,5-6,8-9H2,1-3H3. The lowest BCUT2D eigenvalue weighted by Crippen LogP contribution is -2.40. The Labute approximate surface area is 86.1 Å². The molecule has 0 fully saturated rings. The van der Waals surface area contributed by atoms with E-state index in [0.29, 0.717) is 6.54 Å². The minimum Gasteiger partial charge on any atom is -0.395 e. The number of hydrogen-bond acceptors (Lipinski definition) is 2. The van der Waals surface area contributed by atoms with Gasteiger partial charge in [-0.2, -0.15) is 0 Å². The molecule has 3 heteroatoms. The van der Waals surface area contributed by atoms with Crippen LogP contribution in [0.2, 0.25) is 0 Å². The maximum Gasteiger partial charge on any atom is 0.298 e. The molecule has 1 N–H and O–H groups in total. The minimum absolute atomic E-state index is 0.00632. The summed E-state index contributed by atoms with van der Waals surface area (Å²) in [6, 6.07) is 0.190. The summed E-state index contributed by atoms with van der Waals surface area (Å²) in [7, 11) is 0. The van der Waals surface area contributed by atoms with E-state index in [-0.39, 0.29) is 18.6 Å². The van der Waals surface area contributed by atoms with Crippen molar-refractivity contribution in [2.75, 3.05) is 13.2 Å². The lowest BCUT2D eigenvalue weighted by atomic mass is 10.1. The van der Waals surface area contributed by atoms with Crippen LogP contribution in [0.4, 0.5) is 0 Å². The van der Waals surface area contributed by atoms with Crippen LogP contribution in [-0.2, 0) is 4.79 Å². The van der Waals surface area contributed by atoms with Gasteiger partial charge in [-0.1, -0.05) is 19.8 Å². The molecule has 0 unspecified atom stereocenters.